The van der Waals surface area contributed by atoms with Gasteiger partial charge in [-0.3, -0.25) is 9.88 Å². The molecule has 0 aromatic carbocycles. The molecular formula is C17H25N3O2. The van der Waals surface area contributed by atoms with E-state index < -0.39 is 5.60 Å². The molecule has 3 rings (SSSR count). The van der Waals surface area contributed by atoms with E-state index in [0.717, 1.165) is 25.9 Å². The Morgan fingerprint density at radius 1 is 1.27 bits per heavy atom. The van der Waals surface area contributed by atoms with Gasteiger partial charge in [-0.15, -0.1) is 0 Å². The summed E-state index contributed by atoms with van der Waals surface area (Å²) in [5.41, 5.74) is 1.98. The first-order valence-corrected chi connectivity index (χ1v) is 8.02. The van der Waals surface area contributed by atoms with Crippen molar-refractivity contribution < 1.29 is 9.53 Å². The fraction of sp³-hybridized carbons (Fsp3) is 0.647. The summed E-state index contributed by atoms with van der Waals surface area (Å²) in [4.78, 5) is 21.0. The van der Waals surface area contributed by atoms with Crippen LogP contribution in [0.5, 0.6) is 0 Å². The van der Waals surface area contributed by atoms with Crippen molar-refractivity contribution in [3.05, 3.63) is 24.0 Å². The summed E-state index contributed by atoms with van der Waals surface area (Å²) in [6, 6.07) is 2.53. The summed E-state index contributed by atoms with van der Waals surface area (Å²) in [5.74, 6) is 0. The van der Waals surface area contributed by atoms with E-state index in [9.17, 15) is 4.79 Å². The second-order valence-corrected chi connectivity index (χ2v) is 7.34. The lowest BCUT2D eigenvalue weighted by atomic mass is 10.1. The van der Waals surface area contributed by atoms with E-state index in [1.807, 2.05) is 44.1 Å². The molecule has 1 amide bonds. The quantitative estimate of drug-likeness (QED) is 0.800. The van der Waals surface area contributed by atoms with Crippen LogP contribution in [-0.4, -0.2) is 46.8 Å². The first-order chi connectivity index (χ1) is 10.3. The van der Waals surface area contributed by atoms with Gasteiger partial charge in [-0.2, -0.15) is 0 Å². The van der Waals surface area contributed by atoms with Crippen LogP contribution in [0.25, 0.3) is 0 Å². The average Bonchev–Trinajstić information content (AvgIpc) is 2.68. The Morgan fingerprint density at radius 2 is 1.91 bits per heavy atom. The van der Waals surface area contributed by atoms with Gasteiger partial charge in [0.15, 0.2) is 0 Å². The van der Waals surface area contributed by atoms with Gasteiger partial charge in [0.05, 0.1) is 24.0 Å². The minimum absolute atomic E-state index is 0.164. The number of rotatable bonds is 1. The third-order valence-electron chi connectivity index (χ3n) is 4.44. The van der Waals surface area contributed by atoms with E-state index in [2.05, 4.69) is 16.8 Å². The largest absolute Gasteiger partial charge is 0.444 e. The van der Waals surface area contributed by atoms with E-state index in [0.29, 0.717) is 0 Å². The van der Waals surface area contributed by atoms with Crippen LogP contribution >= 0.6 is 0 Å². The maximum atomic E-state index is 12.5. The number of fused-ring (bicyclic) bond motifs is 2. The molecule has 2 bridgehead atoms. The molecule has 5 nitrogen and oxygen atoms in total. The zero-order chi connectivity index (χ0) is 15.9. The van der Waals surface area contributed by atoms with E-state index in [-0.39, 0.29) is 18.2 Å². The van der Waals surface area contributed by atoms with Crippen LogP contribution in [0, 0.1) is 6.92 Å². The highest BCUT2D eigenvalue weighted by Crippen LogP contribution is 2.34. The van der Waals surface area contributed by atoms with E-state index in [4.69, 9.17) is 4.74 Å². The molecule has 0 spiro atoms. The number of ether oxygens (including phenoxy) is 1. The first kappa shape index (κ1) is 15.1. The highest BCUT2D eigenvalue weighted by atomic mass is 16.6. The molecule has 0 aliphatic carbocycles. The molecule has 2 aliphatic heterocycles. The van der Waals surface area contributed by atoms with Crippen molar-refractivity contribution in [3.63, 3.8) is 0 Å². The highest BCUT2D eigenvalue weighted by molar-refractivity contribution is 5.70. The molecule has 22 heavy (non-hydrogen) atoms. The van der Waals surface area contributed by atoms with Crippen molar-refractivity contribution in [1.29, 1.82) is 0 Å². The predicted molar refractivity (Wildman–Crippen MR) is 86.1 cm³/mol. The smallest absolute Gasteiger partial charge is 0.410 e. The first-order valence-electron chi connectivity index (χ1n) is 8.02. The van der Waals surface area contributed by atoms with Crippen molar-refractivity contribution in [1.82, 2.24) is 9.88 Å². The van der Waals surface area contributed by atoms with Gasteiger partial charge in [0.1, 0.15) is 5.60 Å². The third-order valence-corrected chi connectivity index (χ3v) is 4.44. The number of amides is 1. The zero-order valence-electron chi connectivity index (χ0n) is 13.9. The van der Waals surface area contributed by atoms with E-state index in [1.54, 1.807) is 0 Å². The average molecular weight is 303 g/mol. The monoisotopic (exact) mass is 303 g/mol. The standard InChI is InChI=1S/C17H25N3O2/c1-12-7-8-18-9-15(12)19-10-13-5-6-14(11-19)20(13)16(21)22-17(2,3)4/h7-9,13-14H,5-6,10-11H2,1-4H3/t13-,14+. The number of piperazine rings is 1. The van der Waals surface area contributed by atoms with Crippen LogP contribution in [-0.2, 0) is 4.74 Å². The molecule has 3 heterocycles. The SMILES string of the molecule is Cc1ccncc1N1C[C@H]2CC[C@@H](C1)N2C(=O)OC(C)(C)C. The van der Waals surface area contributed by atoms with Crippen LogP contribution in [0.1, 0.15) is 39.2 Å². The molecule has 0 radical (unpaired) electrons. The molecule has 2 fully saturated rings. The molecule has 2 saturated heterocycles. The summed E-state index contributed by atoms with van der Waals surface area (Å²) in [6.07, 6.45) is 5.70. The van der Waals surface area contributed by atoms with Crippen molar-refractivity contribution in [2.75, 3.05) is 18.0 Å². The summed E-state index contributed by atoms with van der Waals surface area (Å²) in [6.45, 7) is 9.59. The van der Waals surface area contributed by atoms with Gasteiger partial charge >= 0.3 is 6.09 Å². The second-order valence-electron chi connectivity index (χ2n) is 7.34. The Morgan fingerprint density at radius 3 is 2.45 bits per heavy atom. The number of carbonyl (C=O) groups excluding carboxylic acids is 1. The lowest BCUT2D eigenvalue weighted by Crippen LogP contribution is -2.57. The van der Waals surface area contributed by atoms with E-state index in [1.165, 1.54) is 11.3 Å². The highest BCUT2D eigenvalue weighted by Gasteiger charge is 2.44. The molecule has 0 N–H and O–H groups in total. The van der Waals surface area contributed by atoms with Gasteiger partial charge in [-0.05, 0) is 52.2 Å². The molecule has 1 aromatic heterocycles. The zero-order valence-corrected chi connectivity index (χ0v) is 13.9. The van der Waals surface area contributed by atoms with Crippen molar-refractivity contribution in [3.8, 4) is 0 Å². The lowest BCUT2D eigenvalue weighted by Gasteiger charge is -2.42. The topological polar surface area (TPSA) is 45.7 Å². The Hall–Kier alpha value is -1.78. The maximum Gasteiger partial charge on any atom is 0.410 e. The number of aromatic nitrogens is 1. The molecule has 2 atom stereocenters. The molecule has 120 valence electrons. The Bertz CT molecular complexity index is 553. The van der Waals surface area contributed by atoms with Gasteiger partial charge in [0.2, 0.25) is 0 Å². The van der Waals surface area contributed by atoms with Crippen LogP contribution in [0.2, 0.25) is 0 Å². The molecular weight excluding hydrogens is 278 g/mol. The lowest BCUT2D eigenvalue weighted by molar-refractivity contribution is 0.0123. The van der Waals surface area contributed by atoms with Gasteiger partial charge in [-0.25, -0.2) is 4.79 Å². The number of nitrogens with zero attached hydrogens (tertiary/aromatic N) is 3. The van der Waals surface area contributed by atoms with Gasteiger partial charge in [-0.1, -0.05) is 0 Å². The van der Waals surface area contributed by atoms with Gasteiger partial charge in [0, 0.05) is 19.3 Å². The minimum Gasteiger partial charge on any atom is -0.444 e. The second kappa shape index (κ2) is 5.45. The number of carbonyl (C=O) groups is 1. The summed E-state index contributed by atoms with van der Waals surface area (Å²) in [5, 5.41) is 0. The van der Waals surface area contributed by atoms with Crippen LogP contribution in [0.4, 0.5) is 10.5 Å². The van der Waals surface area contributed by atoms with Crippen molar-refractivity contribution >= 4 is 11.8 Å². The number of pyridine rings is 1. The Kier molecular flexibility index (Phi) is 3.75. The minimum atomic E-state index is -0.437. The van der Waals surface area contributed by atoms with Crippen molar-refractivity contribution in [2.24, 2.45) is 0 Å². The van der Waals surface area contributed by atoms with Crippen LogP contribution in [0.3, 0.4) is 0 Å². The van der Waals surface area contributed by atoms with Crippen molar-refractivity contribution in [2.45, 2.75) is 58.2 Å². The van der Waals surface area contributed by atoms with E-state index >= 15 is 0 Å². The van der Waals surface area contributed by atoms with Crippen LogP contribution in [0.15, 0.2) is 18.5 Å². The Labute approximate surface area is 132 Å². The summed E-state index contributed by atoms with van der Waals surface area (Å²) < 4.78 is 5.58. The van der Waals surface area contributed by atoms with Crippen LogP contribution < -0.4 is 4.90 Å². The molecule has 2 aliphatic rings. The molecule has 0 saturated carbocycles. The molecule has 1 aromatic rings. The number of aryl methyl sites for hydroxylation is 1. The maximum absolute atomic E-state index is 12.5. The summed E-state index contributed by atoms with van der Waals surface area (Å²) >= 11 is 0. The molecule has 5 heteroatoms. The third kappa shape index (κ3) is 2.89. The number of hydrogen-bond donors (Lipinski definition) is 0. The predicted octanol–water partition coefficient (Wildman–Crippen LogP) is 2.98. The van der Waals surface area contributed by atoms with Gasteiger partial charge < -0.3 is 9.64 Å². The number of hydrogen-bond acceptors (Lipinski definition) is 4. The van der Waals surface area contributed by atoms with Gasteiger partial charge in [0.25, 0.3) is 0 Å². The summed E-state index contributed by atoms with van der Waals surface area (Å²) in [7, 11) is 0. The number of anilines is 1. The normalized spacial score (nSPS) is 24.5. The molecule has 0 unspecified atom stereocenters. The Balaban J connectivity index is 1.74. The fourth-order valence-corrected chi connectivity index (χ4v) is 3.50. The fourth-order valence-electron chi connectivity index (χ4n) is 3.50.